The van der Waals surface area contributed by atoms with Crippen LogP contribution in [0.15, 0.2) is 11.1 Å². The molecule has 0 amide bonds. The zero-order valence-electron chi connectivity index (χ0n) is 12.6. The Hall–Kier alpha value is -2.41. The molecule has 9 nitrogen and oxygen atoms in total. The van der Waals surface area contributed by atoms with Crippen molar-refractivity contribution in [3.05, 3.63) is 16.7 Å². The monoisotopic (exact) mass is 319 g/mol. The van der Waals surface area contributed by atoms with E-state index in [2.05, 4.69) is 20.9 Å². The van der Waals surface area contributed by atoms with Crippen LogP contribution in [0.4, 0.5) is 5.95 Å². The van der Waals surface area contributed by atoms with Gasteiger partial charge in [0.2, 0.25) is 5.95 Å². The minimum Gasteiger partial charge on any atom is -0.382 e. The molecule has 0 spiro atoms. The number of nitrogens with zero attached hydrogens (tertiary/aromatic N) is 3. The Morgan fingerprint density at radius 1 is 1.65 bits per heavy atom. The van der Waals surface area contributed by atoms with Gasteiger partial charge in [-0.2, -0.15) is 4.98 Å². The lowest BCUT2D eigenvalue weighted by atomic mass is 10.2. The zero-order valence-corrected chi connectivity index (χ0v) is 12.6. The van der Waals surface area contributed by atoms with Crippen molar-refractivity contribution >= 4 is 17.1 Å². The van der Waals surface area contributed by atoms with Crippen molar-refractivity contribution in [1.29, 1.82) is 0 Å². The normalized spacial score (nSPS) is 24.1. The molecule has 1 fully saturated rings. The predicted molar refractivity (Wildman–Crippen MR) is 81.5 cm³/mol. The van der Waals surface area contributed by atoms with Gasteiger partial charge in [0.15, 0.2) is 17.4 Å². The van der Waals surface area contributed by atoms with Gasteiger partial charge >= 0.3 is 0 Å². The molecule has 0 aliphatic carbocycles. The standard InChI is InChI=1S/C14H17N5O4/c1-3-4-22-9-5-8(6-21-2)23-13(9)19-7-16-10-11(19)17-14(15)18-12(10)20/h1,7-9,13H,4-6H2,2H3,(H3,15,17,18,20)/t8-,9?,13+/m0/s1. The Labute approximate surface area is 131 Å². The quantitative estimate of drug-likeness (QED) is 0.724. The lowest BCUT2D eigenvalue weighted by Gasteiger charge is -2.19. The van der Waals surface area contributed by atoms with Crippen molar-refractivity contribution < 1.29 is 14.2 Å². The molecule has 3 N–H and O–H groups in total. The van der Waals surface area contributed by atoms with Gasteiger partial charge in [0, 0.05) is 13.5 Å². The fourth-order valence-corrected chi connectivity index (χ4v) is 2.69. The summed E-state index contributed by atoms with van der Waals surface area (Å²) in [5, 5.41) is 0. The van der Waals surface area contributed by atoms with Gasteiger partial charge in [0.1, 0.15) is 12.7 Å². The topological polar surface area (TPSA) is 117 Å². The Morgan fingerprint density at radius 2 is 2.48 bits per heavy atom. The number of nitrogen functional groups attached to an aromatic ring is 1. The second-order valence-electron chi connectivity index (χ2n) is 5.17. The fraction of sp³-hybridized carbons (Fsp3) is 0.500. The Kier molecular flexibility index (Phi) is 4.29. The molecule has 0 radical (unpaired) electrons. The molecule has 1 saturated heterocycles. The van der Waals surface area contributed by atoms with Crippen LogP contribution in [0.5, 0.6) is 0 Å². The number of fused-ring (bicyclic) bond motifs is 1. The van der Waals surface area contributed by atoms with Crippen molar-refractivity contribution in [2.45, 2.75) is 24.9 Å². The number of aromatic amines is 1. The molecule has 23 heavy (non-hydrogen) atoms. The largest absolute Gasteiger partial charge is 0.382 e. The summed E-state index contributed by atoms with van der Waals surface area (Å²) in [6.07, 6.45) is 6.39. The van der Waals surface area contributed by atoms with Gasteiger partial charge < -0.3 is 19.9 Å². The summed E-state index contributed by atoms with van der Waals surface area (Å²) in [5.74, 6) is 2.45. The number of hydrogen-bond acceptors (Lipinski definition) is 7. The average Bonchev–Trinajstić information content (AvgIpc) is 3.09. The molecule has 0 saturated carbocycles. The number of terminal acetylenes is 1. The van der Waals surface area contributed by atoms with Crippen LogP contribution in [0.25, 0.3) is 11.2 Å². The third-order valence-corrected chi connectivity index (χ3v) is 3.60. The van der Waals surface area contributed by atoms with E-state index < -0.39 is 11.8 Å². The summed E-state index contributed by atoms with van der Waals surface area (Å²) in [5.41, 5.74) is 5.74. The van der Waals surface area contributed by atoms with Crippen molar-refractivity contribution in [2.75, 3.05) is 26.1 Å². The number of rotatable bonds is 5. The summed E-state index contributed by atoms with van der Waals surface area (Å²) in [6, 6.07) is 0. The Balaban J connectivity index is 1.98. The van der Waals surface area contributed by atoms with Gasteiger partial charge in [-0.1, -0.05) is 5.92 Å². The van der Waals surface area contributed by atoms with Gasteiger partial charge in [0.05, 0.1) is 19.0 Å². The van der Waals surface area contributed by atoms with Crippen LogP contribution >= 0.6 is 0 Å². The van der Waals surface area contributed by atoms with Gasteiger partial charge in [0.25, 0.3) is 5.56 Å². The van der Waals surface area contributed by atoms with Crippen LogP contribution in [0.2, 0.25) is 0 Å². The minimum atomic E-state index is -0.512. The second kappa shape index (κ2) is 6.37. The van der Waals surface area contributed by atoms with E-state index in [0.29, 0.717) is 18.7 Å². The number of nitrogens with one attached hydrogen (secondary N) is 1. The third kappa shape index (κ3) is 2.92. The molecule has 2 aromatic heterocycles. The molecule has 0 aromatic carbocycles. The van der Waals surface area contributed by atoms with Gasteiger partial charge in [-0.15, -0.1) is 6.42 Å². The number of hydrogen-bond donors (Lipinski definition) is 2. The highest BCUT2D eigenvalue weighted by Gasteiger charge is 2.38. The van der Waals surface area contributed by atoms with Crippen molar-refractivity contribution in [3.8, 4) is 12.3 Å². The van der Waals surface area contributed by atoms with Crippen LogP contribution in [0.3, 0.4) is 0 Å². The van der Waals surface area contributed by atoms with E-state index in [4.69, 9.17) is 26.4 Å². The van der Waals surface area contributed by atoms with Crippen molar-refractivity contribution in [1.82, 2.24) is 19.5 Å². The molecule has 3 rings (SSSR count). The molecule has 122 valence electrons. The summed E-state index contributed by atoms with van der Waals surface area (Å²) < 4.78 is 18.4. The third-order valence-electron chi connectivity index (χ3n) is 3.60. The summed E-state index contributed by atoms with van der Waals surface area (Å²) in [6.45, 7) is 0.586. The molecular weight excluding hydrogens is 302 g/mol. The lowest BCUT2D eigenvalue weighted by Crippen LogP contribution is -2.23. The number of methoxy groups -OCH3 is 1. The number of nitrogens with two attached hydrogens (primary N) is 1. The highest BCUT2D eigenvalue weighted by molar-refractivity contribution is 5.70. The Bertz CT molecular complexity index is 793. The number of imidazole rings is 1. The molecule has 2 aromatic rings. The van der Waals surface area contributed by atoms with Gasteiger partial charge in [-0.25, -0.2) is 4.98 Å². The van der Waals surface area contributed by atoms with E-state index in [1.165, 1.54) is 6.33 Å². The number of aromatic nitrogens is 4. The molecule has 9 heteroatoms. The molecule has 0 bridgehead atoms. The first-order valence-corrected chi connectivity index (χ1v) is 7.05. The maximum Gasteiger partial charge on any atom is 0.280 e. The highest BCUT2D eigenvalue weighted by atomic mass is 16.6. The Morgan fingerprint density at radius 3 is 3.22 bits per heavy atom. The fourth-order valence-electron chi connectivity index (χ4n) is 2.69. The van der Waals surface area contributed by atoms with E-state index in [0.717, 1.165) is 0 Å². The van der Waals surface area contributed by atoms with Crippen LogP contribution in [-0.4, -0.2) is 52.1 Å². The van der Waals surface area contributed by atoms with Crippen LogP contribution in [-0.2, 0) is 14.2 Å². The smallest absolute Gasteiger partial charge is 0.280 e. The maximum atomic E-state index is 11.9. The molecular formula is C14H17N5O4. The maximum absolute atomic E-state index is 11.9. The van der Waals surface area contributed by atoms with Crippen molar-refractivity contribution in [3.63, 3.8) is 0 Å². The minimum absolute atomic E-state index is 0.0109. The van der Waals surface area contributed by atoms with Crippen molar-refractivity contribution in [2.24, 2.45) is 0 Å². The van der Waals surface area contributed by atoms with E-state index in [-0.39, 0.29) is 30.3 Å². The number of H-pyrrole nitrogens is 1. The van der Waals surface area contributed by atoms with Gasteiger partial charge in [-0.05, 0) is 0 Å². The molecule has 3 heterocycles. The summed E-state index contributed by atoms with van der Waals surface area (Å²) >= 11 is 0. The number of anilines is 1. The summed E-state index contributed by atoms with van der Waals surface area (Å²) in [4.78, 5) is 22.5. The predicted octanol–water partition coefficient (Wildman–Crippen LogP) is -0.346. The van der Waals surface area contributed by atoms with Crippen LogP contribution < -0.4 is 11.3 Å². The second-order valence-corrected chi connectivity index (χ2v) is 5.17. The van der Waals surface area contributed by atoms with Gasteiger partial charge in [-0.3, -0.25) is 14.3 Å². The number of ether oxygens (including phenoxy) is 3. The first kappa shape index (κ1) is 15.5. The van der Waals surface area contributed by atoms with E-state index in [1.54, 1.807) is 11.7 Å². The first-order valence-electron chi connectivity index (χ1n) is 7.05. The molecule has 1 aliphatic rings. The summed E-state index contributed by atoms with van der Waals surface area (Å²) in [7, 11) is 1.60. The highest BCUT2D eigenvalue weighted by Crippen LogP contribution is 2.32. The SMILES string of the molecule is C#CCOC1C[C@@H](COC)O[C@H]1n1cnc2c(=O)[nH]c(N)nc21. The van der Waals surface area contributed by atoms with Crippen LogP contribution in [0, 0.1) is 12.3 Å². The van der Waals surface area contributed by atoms with Crippen LogP contribution in [0.1, 0.15) is 12.6 Å². The first-order chi connectivity index (χ1) is 11.1. The zero-order chi connectivity index (χ0) is 16.4. The lowest BCUT2D eigenvalue weighted by molar-refractivity contribution is -0.0670. The average molecular weight is 319 g/mol. The molecule has 1 unspecified atom stereocenters. The van der Waals surface area contributed by atoms with E-state index in [9.17, 15) is 4.79 Å². The molecule has 3 atom stereocenters. The molecule has 1 aliphatic heterocycles. The van der Waals surface area contributed by atoms with E-state index in [1.807, 2.05) is 0 Å². The van der Waals surface area contributed by atoms with E-state index >= 15 is 0 Å².